The maximum absolute atomic E-state index is 11.0. The fraction of sp³-hybridized carbons (Fsp3) is 0.909. The van der Waals surface area contributed by atoms with Gasteiger partial charge >= 0.3 is 6.09 Å². The van der Waals surface area contributed by atoms with E-state index in [2.05, 4.69) is 24.5 Å². The number of ether oxygens (including phenoxy) is 1. The Morgan fingerprint density at radius 3 is 2.67 bits per heavy atom. The average Bonchev–Trinajstić information content (AvgIpc) is 2.19. The number of alkyl carbamates (subject to hydrolysis) is 1. The highest BCUT2D eigenvalue weighted by Gasteiger charge is 1.99. The Bertz CT molecular complexity index is 161. The monoisotopic (exact) mass is 216 g/mol. The molecular formula is C11H24N2O2. The quantitative estimate of drug-likeness (QED) is 0.608. The molecular weight excluding hydrogens is 192 g/mol. The highest BCUT2D eigenvalue weighted by Crippen LogP contribution is 1.88. The van der Waals surface area contributed by atoms with Gasteiger partial charge in [-0.05, 0) is 31.8 Å². The molecule has 1 amide bonds. The molecule has 15 heavy (non-hydrogen) atoms. The van der Waals surface area contributed by atoms with Crippen molar-refractivity contribution in [3.8, 4) is 0 Å². The van der Waals surface area contributed by atoms with Gasteiger partial charge in [-0.25, -0.2) is 4.79 Å². The lowest BCUT2D eigenvalue weighted by Gasteiger charge is -2.08. The van der Waals surface area contributed by atoms with Crippen molar-refractivity contribution in [2.24, 2.45) is 5.92 Å². The molecule has 0 aliphatic rings. The molecule has 0 aromatic carbocycles. The Morgan fingerprint density at radius 1 is 1.33 bits per heavy atom. The normalized spacial score (nSPS) is 10.4. The Kier molecular flexibility index (Phi) is 9.27. The maximum Gasteiger partial charge on any atom is 0.407 e. The average molecular weight is 216 g/mol. The summed E-state index contributed by atoms with van der Waals surface area (Å²) >= 11 is 0. The number of carbonyl (C=O) groups is 1. The lowest BCUT2D eigenvalue weighted by molar-refractivity contribution is 0.144. The van der Waals surface area contributed by atoms with Crippen LogP contribution in [0.2, 0.25) is 0 Å². The van der Waals surface area contributed by atoms with Crippen molar-refractivity contribution in [3.63, 3.8) is 0 Å². The number of hydrogen-bond acceptors (Lipinski definition) is 3. The van der Waals surface area contributed by atoms with Crippen LogP contribution in [0, 0.1) is 5.92 Å². The van der Waals surface area contributed by atoms with E-state index in [0.29, 0.717) is 19.1 Å². The number of carbonyl (C=O) groups excluding carboxylic acids is 1. The second-order valence-electron chi connectivity index (χ2n) is 4.01. The smallest absolute Gasteiger partial charge is 0.407 e. The van der Waals surface area contributed by atoms with Crippen LogP contribution < -0.4 is 10.6 Å². The molecule has 0 saturated carbocycles. The van der Waals surface area contributed by atoms with Crippen LogP contribution in [0.5, 0.6) is 0 Å². The van der Waals surface area contributed by atoms with Crippen LogP contribution in [-0.2, 0) is 4.74 Å². The zero-order valence-corrected chi connectivity index (χ0v) is 10.1. The van der Waals surface area contributed by atoms with E-state index in [1.807, 2.05) is 6.92 Å². The molecule has 4 nitrogen and oxygen atoms in total. The Hall–Kier alpha value is -0.770. The zero-order chi connectivity index (χ0) is 11.5. The van der Waals surface area contributed by atoms with Crippen molar-refractivity contribution in [3.05, 3.63) is 0 Å². The molecule has 0 unspecified atom stereocenters. The number of amides is 1. The molecule has 0 spiro atoms. The Morgan fingerprint density at radius 2 is 2.07 bits per heavy atom. The SMILES string of the molecule is CCCNC(=O)OCCCNCC(C)C. The number of rotatable bonds is 8. The molecule has 0 aliphatic carbocycles. The third kappa shape index (κ3) is 11.2. The first-order valence-corrected chi connectivity index (χ1v) is 5.78. The lowest BCUT2D eigenvalue weighted by atomic mass is 10.2. The van der Waals surface area contributed by atoms with Crippen LogP contribution in [0.3, 0.4) is 0 Å². The van der Waals surface area contributed by atoms with E-state index < -0.39 is 0 Å². The minimum atomic E-state index is -0.305. The second-order valence-corrected chi connectivity index (χ2v) is 4.01. The third-order valence-electron chi connectivity index (χ3n) is 1.80. The second kappa shape index (κ2) is 9.77. The van der Waals surface area contributed by atoms with Gasteiger partial charge in [0.15, 0.2) is 0 Å². The molecule has 0 heterocycles. The fourth-order valence-electron chi connectivity index (χ4n) is 1.03. The van der Waals surface area contributed by atoms with Crippen LogP contribution in [0.1, 0.15) is 33.6 Å². The predicted molar refractivity (Wildman–Crippen MR) is 62.0 cm³/mol. The van der Waals surface area contributed by atoms with Crippen LogP contribution >= 0.6 is 0 Å². The summed E-state index contributed by atoms with van der Waals surface area (Å²) in [7, 11) is 0. The van der Waals surface area contributed by atoms with Crippen LogP contribution in [-0.4, -0.2) is 32.3 Å². The number of hydrogen-bond donors (Lipinski definition) is 2. The minimum absolute atomic E-state index is 0.305. The van der Waals surface area contributed by atoms with Gasteiger partial charge in [-0.1, -0.05) is 20.8 Å². The van der Waals surface area contributed by atoms with Crippen LogP contribution in [0.15, 0.2) is 0 Å². The van der Waals surface area contributed by atoms with Crippen molar-refractivity contribution >= 4 is 6.09 Å². The van der Waals surface area contributed by atoms with Gasteiger partial charge in [-0.3, -0.25) is 0 Å². The van der Waals surface area contributed by atoms with Gasteiger partial charge in [-0.15, -0.1) is 0 Å². The molecule has 2 N–H and O–H groups in total. The highest BCUT2D eigenvalue weighted by molar-refractivity contribution is 5.66. The van der Waals surface area contributed by atoms with Gasteiger partial charge < -0.3 is 15.4 Å². The van der Waals surface area contributed by atoms with Gasteiger partial charge in [-0.2, -0.15) is 0 Å². The van der Waals surface area contributed by atoms with Crippen molar-refractivity contribution in [1.82, 2.24) is 10.6 Å². The summed E-state index contributed by atoms with van der Waals surface area (Å²) in [6, 6.07) is 0. The summed E-state index contributed by atoms with van der Waals surface area (Å²) in [5.74, 6) is 0.666. The van der Waals surface area contributed by atoms with Crippen LogP contribution in [0.4, 0.5) is 4.79 Å². The molecule has 0 aromatic rings. The summed E-state index contributed by atoms with van der Waals surface area (Å²) in [5.41, 5.74) is 0. The van der Waals surface area contributed by atoms with Gasteiger partial charge in [0.1, 0.15) is 0 Å². The molecule has 0 aromatic heterocycles. The minimum Gasteiger partial charge on any atom is -0.450 e. The largest absolute Gasteiger partial charge is 0.450 e. The lowest BCUT2D eigenvalue weighted by Crippen LogP contribution is -2.27. The molecule has 90 valence electrons. The molecule has 0 atom stereocenters. The highest BCUT2D eigenvalue weighted by atomic mass is 16.5. The summed E-state index contributed by atoms with van der Waals surface area (Å²) < 4.78 is 4.96. The van der Waals surface area contributed by atoms with Crippen molar-refractivity contribution in [2.45, 2.75) is 33.6 Å². The predicted octanol–water partition coefficient (Wildman–Crippen LogP) is 1.76. The molecule has 0 fully saturated rings. The number of nitrogens with one attached hydrogen (secondary N) is 2. The standard InChI is InChI=1S/C11H24N2O2/c1-4-6-13-11(14)15-8-5-7-12-9-10(2)3/h10,12H,4-9H2,1-3H3,(H,13,14). The Labute approximate surface area is 92.8 Å². The van der Waals surface area contributed by atoms with Gasteiger partial charge in [0.05, 0.1) is 6.61 Å². The van der Waals surface area contributed by atoms with Crippen LogP contribution in [0.25, 0.3) is 0 Å². The van der Waals surface area contributed by atoms with E-state index >= 15 is 0 Å². The van der Waals surface area contributed by atoms with Crippen molar-refractivity contribution in [2.75, 3.05) is 26.2 Å². The summed E-state index contributed by atoms with van der Waals surface area (Å²) in [5, 5.41) is 5.95. The topological polar surface area (TPSA) is 50.4 Å². The molecule has 0 bridgehead atoms. The molecule has 0 rings (SSSR count). The van der Waals surface area contributed by atoms with E-state index in [4.69, 9.17) is 4.74 Å². The Balaban J connectivity index is 3.13. The first kappa shape index (κ1) is 14.2. The summed E-state index contributed by atoms with van der Waals surface area (Å²) in [6.07, 6.45) is 1.50. The third-order valence-corrected chi connectivity index (χ3v) is 1.80. The van der Waals surface area contributed by atoms with E-state index in [-0.39, 0.29) is 6.09 Å². The molecule has 0 aliphatic heterocycles. The van der Waals surface area contributed by atoms with E-state index in [9.17, 15) is 4.79 Å². The first-order chi connectivity index (χ1) is 7.16. The van der Waals surface area contributed by atoms with Gasteiger partial charge in [0.25, 0.3) is 0 Å². The maximum atomic E-state index is 11.0. The van der Waals surface area contributed by atoms with Gasteiger partial charge in [0.2, 0.25) is 0 Å². The zero-order valence-electron chi connectivity index (χ0n) is 10.1. The first-order valence-electron chi connectivity index (χ1n) is 5.78. The molecule has 0 saturated heterocycles. The van der Waals surface area contributed by atoms with Crippen molar-refractivity contribution < 1.29 is 9.53 Å². The van der Waals surface area contributed by atoms with Gasteiger partial charge in [0, 0.05) is 6.54 Å². The van der Waals surface area contributed by atoms with E-state index in [1.165, 1.54) is 0 Å². The van der Waals surface area contributed by atoms with Crippen molar-refractivity contribution in [1.29, 1.82) is 0 Å². The molecule has 0 radical (unpaired) electrons. The summed E-state index contributed by atoms with van der Waals surface area (Å²) in [4.78, 5) is 11.0. The van der Waals surface area contributed by atoms with E-state index in [1.54, 1.807) is 0 Å². The summed E-state index contributed by atoms with van der Waals surface area (Å²) in [6.45, 7) is 9.44. The van der Waals surface area contributed by atoms with E-state index in [0.717, 1.165) is 25.9 Å². The molecule has 4 heteroatoms. The fourth-order valence-corrected chi connectivity index (χ4v) is 1.03.